The summed E-state index contributed by atoms with van der Waals surface area (Å²) in [6.45, 7) is 0. The Bertz CT molecular complexity index is 1100. The Balaban J connectivity index is 2.00. The molecule has 3 heterocycles. The maximum Gasteiger partial charge on any atom is 0.348 e. The van der Waals surface area contributed by atoms with Crippen molar-refractivity contribution in [3.63, 3.8) is 0 Å². The van der Waals surface area contributed by atoms with Crippen molar-refractivity contribution >= 4 is 73.9 Å². The van der Waals surface area contributed by atoms with Gasteiger partial charge in [0, 0.05) is 6.07 Å². The van der Waals surface area contributed by atoms with E-state index in [1.165, 1.54) is 30.5 Å². The SMILES string of the molecule is COc1cc(N2C(=O)Nc3c(C(=O)O)sc4ncnc2c34)c(Cl)cc1Cl. The Morgan fingerprint density at radius 2 is 2.08 bits per heavy atom. The summed E-state index contributed by atoms with van der Waals surface area (Å²) in [5, 5.41) is 12.9. The molecule has 1 aromatic carbocycles. The number of halogens is 2. The number of carbonyl (C=O) groups excluding carboxylic acids is 1. The summed E-state index contributed by atoms with van der Waals surface area (Å²) in [4.78, 5) is 34.1. The first kappa shape index (κ1) is 16.8. The lowest BCUT2D eigenvalue weighted by molar-refractivity contribution is 0.0703. The number of aromatic nitrogens is 2. The molecule has 2 aromatic heterocycles. The third kappa shape index (κ3) is 2.36. The number of hydrogen-bond donors (Lipinski definition) is 2. The quantitative estimate of drug-likeness (QED) is 0.663. The van der Waals surface area contributed by atoms with Crippen LogP contribution in [0.1, 0.15) is 9.67 Å². The predicted molar refractivity (Wildman–Crippen MR) is 98.5 cm³/mol. The van der Waals surface area contributed by atoms with E-state index in [9.17, 15) is 14.7 Å². The topological polar surface area (TPSA) is 105 Å². The number of ether oxygens (including phenoxy) is 1. The Hall–Kier alpha value is -2.62. The molecule has 26 heavy (non-hydrogen) atoms. The van der Waals surface area contributed by atoms with Crippen LogP contribution in [0.5, 0.6) is 5.75 Å². The number of nitrogens with one attached hydrogen (secondary N) is 1. The Morgan fingerprint density at radius 3 is 2.77 bits per heavy atom. The molecule has 0 saturated heterocycles. The van der Waals surface area contributed by atoms with Crippen molar-refractivity contribution in [1.29, 1.82) is 0 Å². The number of urea groups is 1. The van der Waals surface area contributed by atoms with E-state index in [-0.39, 0.29) is 26.4 Å². The second kappa shape index (κ2) is 5.97. The van der Waals surface area contributed by atoms with Crippen LogP contribution in [0, 0.1) is 0 Å². The standard InChI is InChI=1S/C15H8Cl2N4O4S/c1-25-8-3-7(5(16)2-6(8)17)21-12-9-10(20-15(21)24)11(14(22)23)26-13(9)19-4-18-12/h2-4H,1H3,(H,20,24)(H,22,23). The van der Waals surface area contributed by atoms with Crippen LogP contribution in [0.3, 0.4) is 0 Å². The Labute approximate surface area is 159 Å². The number of rotatable bonds is 3. The molecule has 0 aliphatic carbocycles. The van der Waals surface area contributed by atoms with Gasteiger partial charge in [0.05, 0.1) is 33.9 Å². The van der Waals surface area contributed by atoms with Gasteiger partial charge in [-0.05, 0) is 6.07 Å². The third-order valence-corrected chi connectivity index (χ3v) is 5.46. The number of methoxy groups -OCH3 is 1. The van der Waals surface area contributed by atoms with E-state index in [2.05, 4.69) is 15.3 Å². The number of hydrogen-bond acceptors (Lipinski definition) is 6. The summed E-state index contributed by atoms with van der Waals surface area (Å²) in [5.74, 6) is -0.607. The predicted octanol–water partition coefficient (Wildman–Crippen LogP) is 4.39. The molecule has 0 radical (unpaired) electrons. The molecule has 11 heteroatoms. The van der Waals surface area contributed by atoms with Crippen LogP contribution in [0.15, 0.2) is 18.5 Å². The molecule has 0 unspecified atom stereocenters. The zero-order valence-corrected chi connectivity index (χ0v) is 15.2. The molecular formula is C15H8Cl2N4O4S. The van der Waals surface area contributed by atoms with Crippen molar-refractivity contribution in [2.24, 2.45) is 0 Å². The monoisotopic (exact) mass is 410 g/mol. The number of amides is 2. The normalized spacial score (nSPS) is 13.0. The first-order valence-electron chi connectivity index (χ1n) is 7.07. The molecule has 0 atom stereocenters. The van der Waals surface area contributed by atoms with Gasteiger partial charge in [0.1, 0.15) is 21.8 Å². The molecule has 0 spiro atoms. The molecule has 0 fully saturated rings. The number of thiophene rings is 1. The Kier molecular flexibility index (Phi) is 3.87. The number of carbonyl (C=O) groups is 2. The van der Waals surface area contributed by atoms with Gasteiger partial charge in [-0.1, -0.05) is 23.2 Å². The number of carboxylic acids is 1. The molecule has 0 bridgehead atoms. The maximum absolute atomic E-state index is 12.7. The number of nitrogens with zero attached hydrogens (tertiary/aromatic N) is 3. The van der Waals surface area contributed by atoms with Crippen molar-refractivity contribution < 1.29 is 19.4 Å². The fourth-order valence-corrected chi connectivity index (χ4v) is 4.16. The molecule has 1 aliphatic heterocycles. The highest BCUT2D eigenvalue weighted by Crippen LogP contribution is 2.47. The van der Waals surface area contributed by atoms with Gasteiger partial charge in [0.15, 0.2) is 5.82 Å². The number of anilines is 3. The molecule has 8 nitrogen and oxygen atoms in total. The van der Waals surface area contributed by atoms with Crippen molar-refractivity contribution in [3.05, 3.63) is 33.4 Å². The molecule has 4 rings (SSSR count). The van der Waals surface area contributed by atoms with Gasteiger partial charge in [-0.2, -0.15) is 0 Å². The van der Waals surface area contributed by atoms with Gasteiger partial charge in [-0.3, -0.25) is 0 Å². The van der Waals surface area contributed by atoms with E-state index in [4.69, 9.17) is 27.9 Å². The second-order valence-corrected chi connectivity index (χ2v) is 7.01. The van der Waals surface area contributed by atoms with Gasteiger partial charge >= 0.3 is 12.0 Å². The van der Waals surface area contributed by atoms with Crippen LogP contribution >= 0.6 is 34.5 Å². The zero-order chi connectivity index (χ0) is 18.6. The van der Waals surface area contributed by atoms with E-state index in [0.29, 0.717) is 21.7 Å². The molecule has 132 valence electrons. The van der Waals surface area contributed by atoms with Crippen molar-refractivity contribution in [3.8, 4) is 5.75 Å². The summed E-state index contributed by atoms with van der Waals surface area (Å²) >= 11 is 13.3. The van der Waals surface area contributed by atoms with Gasteiger partial charge < -0.3 is 15.2 Å². The second-order valence-electron chi connectivity index (χ2n) is 5.19. The lowest BCUT2D eigenvalue weighted by atomic mass is 10.2. The van der Waals surface area contributed by atoms with Gasteiger partial charge in [0.2, 0.25) is 0 Å². The minimum Gasteiger partial charge on any atom is -0.495 e. The molecule has 2 amide bonds. The summed E-state index contributed by atoms with van der Waals surface area (Å²) < 4.78 is 5.19. The minimum atomic E-state index is -1.16. The fourth-order valence-electron chi connectivity index (χ4n) is 2.69. The van der Waals surface area contributed by atoms with E-state index in [1.807, 2.05) is 0 Å². The largest absolute Gasteiger partial charge is 0.495 e. The average molecular weight is 411 g/mol. The minimum absolute atomic E-state index is 0.0190. The van der Waals surface area contributed by atoms with Crippen LogP contribution in [0.25, 0.3) is 10.2 Å². The van der Waals surface area contributed by atoms with Crippen LogP contribution in [0.4, 0.5) is 22.0 Å². The third-order valence-electron chi connectivity index (χ3n) is 3.77. The maximum atomic E-state index is 12.7. The van der Waals surface area contributed by atoms with E-state index >= 15 is 0 Å². The highest BCUT2D eigenvalue weighted by molar-refractivity contribution is 7.21. The molecule has 2 N–H and O–H groups in total. The summed E-state index contributed by atoms with van der Waals surface area (Å²) in [6, 6.07) is 2.35. The first-order valence-corrected chi connectivity index (χ1v) is 8.64. The van der Waals surface area contributed by atoms with Gasteiger partial charge in [-0.15, -0.1) is 11.3 Å². The van der Waals surface area contributed by atoms with E-state index < -0.39 is 12.0 Å². The Morgan fingerprint density at radius 1 is 1.31 bits per heavy atom. The molecule has 0 saturated carbocycles. The lowest BCUT2D eigenvalue weighted by Crippen LogP contribution is -2.35. The van der Waals surface area contributed by atoms with Crippen LogP contribution in [-0.2, 0) is 0 Å². The van der Waals surface area contributed by atoms with Crippen molar-refractivity contribution in [2.75, 3.05) is 17.3 Å². The van der Waals surface area contributed by atoms with Crippen LogP contribution < -0.4 is 15.0 Å². The average Bonchev–Trinajstić information content (AvgIpc) is 2.96. The summed E-state index contributed by atoms with van der Waals surface area (Å²) in [6.07, 6.45) is 1.26. The van der Waals surface area contributed by atoms with E-state index in [1.54, 1.807) is 0 Å². The highest BCUT2D eigenvalue weighted by atomic mass is 35.5. The fraction of sp³-hybridized carbons (Fsp3) is 0.0667. The number of benzene rings is 1. The number of carboxylic acid groups (broad SMARTS) is 1. The van der Waals surface area contributed by atoms with E-state index in [0.717, 1.165) is 11.3 Å². The highest BCUT2D eigenvalue weighted by Gasteiger charge is 2.35. The molecular weight excluding hydrogens is 403 g/mol. The molecule has 3 aromatic rings. The molecule has 1 aliphatic rings. The van der Waals surface area contributed by atoms with Crippen LogP contribution in [-0.4, -0.2) is 34.2 Å². The lowest BCUT2D eigenvalue weighted by Gasteiger charge is -2.28. The summed E-state index contributed by atoms with van der Waals surface area (Å²) in [7, 11) is 1.44. The van der Waals surface area contributed by atoms with Gasteiger partial charge in [0.25, 0.3) is 0 Å². The smallest absolute Gasteiger partial charge is 0.348 e. The van der Waals surface area contributed by atoms with Crippen LogP contribution in [0.2, 0.25) is 10.0 Å². The summed E-state index contributed by atoms with van der Waals surface area (Å²) in [5.41, 5.74) is 0.463. The van der Waals surface area contributed by atoms with Gasteiger partial charge in [-0.25, -0.2) is 24.5 Å². The van der Waals surface area contributed by atoms with Crippen molar-refractivity contribution in [1.82, 2.24) is 9.97 Å². The number of aromatic carboxylic acids is 1. The van der Waals surface area contributed by atoms with Crippen molar-refractivity contribution in [2.45, 2.75) is 0 Å². The zero-order valence-electron chi connectivity index (χ0n) is 12.9. The first-order chi connectivity index (χ1) is 12.4.